The number of rotatable bonds is 4. The number of aliphatic hydroxyl groups excluding tert-OH is 1. The molecule has 15 heavy (non-hydrogen) atoms. The minimum Gasteiger partial charge on any atom is -0.487 e. The summed E-state index contributed by atoms with van der Waals surface area (Å²) < 4.78 is 28.7. The molecule has 4 heteroatoms. The zero-order valence-electron chi connectivity index (χ0n) is 8.71. The molecule has 1 aromatic carbocycles. The monoisotopic (exact) mass is 216 g/mol. The lowest BCUT2D eigenvalue weighted by atomic mass is 10.1. The molecular formula is C11H14F2O2. The van der Waals surface area contributed by atoms with E-state index >= 15 is 0 Å². The summed E-state index contributed by atoms with van der Waals surface area (Å²) in [5.74, 6) is 0.430. The Balaban J connectivity index is 2.75. The molecule has 0 aliphatic rings. The molecule has 0 heterocycles. The van der Waals surface area contributed by atoms with E-state index in [1.807, 2.05) is 0 Å². The number of aliphatic hydroxyl groups is 1. The van der Waals surface area contributed by atoms with Crippen LogP contribution in [0.15, 0.2) is 18.2 Å². The Morgan fingerprint density at radius 1 is 1.40 bits per heavy atom. The molecule has 1 N–H and O–H groups in total. The van der Waals surface area contributed by atoms with Crippen molar-refractivity contribution in [1.29, 1.82) is 0 Å². The van der Waals surface area contributed by atoms with Gasteiger partial charge >= 0.3 is 0 Å². The summed E-state index contributed by atoms with van der Waals surface area (Å²) in [6.07, 6.45) is -3.03. The lowest BCUT2D eigenvalue weighted by molar-refractivity contribution is 0.0815. The first-order chi connectivity index (χ1) is 7.00. The predicted molar refractivity (Wildman–Crippen MR) is 53.3 cm³/mol. The van der Waals surface area contributed by atoms with Crippen LogP contribution in [-0.4, -0.2) is 18.1 Å². The first-order valence-electron chi connectivity index (χ1n) is 4.70. The Bertz CT molecular complexity index is 324. The summed E-state index contributed by atoms with van der Waals surface area (Å²) in [5.41, 5.74) is 1.49. The van der Waals surface area contributed by atoms with Crippen molar-refractivity contribution in [2.45, 2.75) is 26.4 Å². The topological polar surface area (TPSA) is 29.5 Å². The van der Waals surface area contributed by atoms with Crippen LogP contribution in [-0.2, 0) is 0 Å². The molecule has 1 atom stereocenters. The van der Waals surface area contributed by atoms with E-state index in [1.165, 1.54) is 0 Å². The van der Waals surface area contributed by atoms with Gasteiger partial charge in [0.25, 0.3) is 6.43 Å². The van der Waals surface area contributed by atoms with Gasteiger partial charge in [-0.05, 0) is 37.1 Å². The summed E-state index contributed by atoms with van der Waals surface area (Å²) >= 11 is 0. The van der Waals surface area contributed by atoms with Gasteiger partial charge in [-0.3, -0.25) is 0 Å². The number of hydrogen-bond acceptors (Lipinski definition) is 2. The molecule has 0 aromatic heterocycles. The molecule has 0 aliphatic heterocycles. The molecular weight excluding hydrogens is 202 g/mol. The normalized spacial score (nSPS) is 12.9. The first-order valence-corrected chi connectivity index (χ1v) is 4.70. The summed E-state index contributed by atoms with van der Waals surface area (Å²) in [4.78, 5) is 0. The Morgan fingerprint density at radius 3 is 2.53 bits per heavy atom. The van der Waals surface area contributed by atoms with Crippen molar-refractivity contribution in [3.8, 4) is 5.75 Å². The number of hydrogen-bond donors (Lipinski definition) is 1. The van der Waals surface area contributed by atoms with Gasteiger partial charge in [0.2, 0.25) is 0 Å². The van der Waals surface area contributed by atoms with E-state index < -0.39 is 19.1 Å². The molecule has 0 bridgehead atoms. The quantitative estimate of drug-likeness (QED) is 0.838. The fourth-order valence-corrected chi connectivity index (χ4v) is 1.25. The fraction of sp³-hybridized carbons (Fsp3) is 0.455. The maximum Gasteiger partial charge on any atom is 0.272 e. The standard InChI is InChI=1S/C11H14F2O2/c1-7-5-9(8(2)14)3-4-10(7)15-6-11(12)13/h3-5,8,11,14H,6H2,1-2H3/t8-/m1/s1. The van der Waals surface area contributed by atoms with Crippen molar-refractivity contribution in [2.75, 3.05) is 6.61 Å². The largest absolute Gasteiger partial charge is 0.487 e. The summed E-state index contributed by atoms with van der Waals surface area (Å²) in [5, 5.41) is 9.30. The second kappa shape index (κ2) is 5.07. The van der Waals surface area contributed by atoms with Crippen LogP contribution in [0.5, 0.6) is 5.75 Å². The van der Waals surface area contributed by atoms with Gasteiger partial charge in [-0.2, -0.15) is 0 Å². The minimum atomic E-state index is -2.47. The van der Waals surface area contributed by atoms with Crippen LogP contribution in [0.1, 0.15) is 24.2 Å². The Kier molecular flexibility index (Phi) is 4.03. The average Bonchev–Trinajstić information content (AvgIpc) is 2.15. The molecule has 1 rings (SSSR count). The summed E-state index contributed by atoms with van der Waals surface area (Å²) in [6.45, 7) is 2.80. The molecule has 0 unspecified atom stereocenters. The molecule has 1 aromatic rings. The Labute approximate surface area is 87.5 Å². The third-order valence-electron chi connectivity index (χ3n) is 2.05. The van der Waals surface area contributed by atoms with Crippen LogP contribution in [0.3, 0.4) is 0 Å². The van der Waals surface area contributed by atoms with Crippen molar-refractivity contribution in [1.82, 2.24) is 0 Å². The summed E-state index contributed by atoms with van der Waals surface area (Å²) in [7, 11) is 0. The Hall–Kier alpha value is -1.16. The van der Waals surface area contributed by atoms with E-state index in [-0.39, 0.29) is 0 Å². The van der Waals surface area contributed by atoms with Crippen molar-refractivity contribution in [3.63, 3.8) is 0 Å². The minimum absolute atomic E-state index is 0.430. The lowest BCUT2D eigenvalue weighted by Crippen LogP contribution is -2.08. The molecule has 84 valence electrons. The van der Waals surface area contributed by atoms with Crippen LogP contribution in [0.2, 0.25) is 0 Å². The third kappa shape index (κ3) is 3.47. The highest BCUT2D eigenvalue weighted by atomic mass is 19.3. The van der Waals surface area contributed by atoms with Crippen LogP contribution < -0.4 is 4.74 Å². The number of ether oxygens (including phenoxy) is 1. The highest BCUT2D eigenvalue weighted by molar-refractivity contribution is 5.36. The van der Waals surface area contributed by atoms with E-state index in [9.17, 15) is 13.9 Å². The van der Waals surface area contributed by atoms with Gasteiger partial charge in [0.05, 0.1) is 6.10 Å². The predicted octanol–water partition coefficient (Wildman–Crippen LogP) is 2.69. The smallest absolute Gasteiger partial charge is 0.272 e. The van der Waals surface area contributed by atoms with Crippen LogP contribution in [0.25, 0.3) is 0 Å². The zero-order valence-corrected chi connectivity index (χ0v) is 8.71. The number of alkyl halides is 2. The molecule has 0 aliphatic carbocycles. The molecule has 0 fully saturated rings. The molecule has 0 saturated carbocycles. The zero-order chi connectivity index (χ0) is 11.4. The second-order valence-corrected chi connectivity index (χ2v) is 3.40. The van der Waals surface area contributed by atoms with Crippen LogP contribution in [0.4, 0.5) is 8.78 Å². The van der Waals surface area contributed by atoms with Gasteiger partial charge in [0.1, 0.15) is 12.4 Å². The van der Waals surface area contributed by atoms with E-state index in [2.05, 4.69) is 0 Å². The van der Waals surface area contributed by atoms with E-state index in [4.69, 9.17) is 4.74 Å². The van der Waals surface area contributed by atoms with Crippen molar-refractivity contribution < 1.29 is 18.6 Å². The maximum atomic E-state index is 11.9. The van der Waals surface area contributed by atoms with Gasteiger partial charge in [-0.1, -0.05) is 6.07 Å². The lowest BCUT2D eigenvalue weighted by Gasteiger charge is -2.11. The Morgan fingerprint density at radius 2 is 2.07 bits per heavy atom. The SMILES string of the molecule is Cc1cc([C@@H](C)O)ccc1OCC(F)F. The van der Waals surface area contributed by atoms with Crippen molar-refractivity contribution >= 4 is 0 Å². The van der Waals surface area contributed by atoms with E-state index in [0.29, 0.717) is 5.75 Å². The number of aryl methyl sites for hydroxylation is 1. The fourth-order valence-electron chi connectivity index (χ4n) is 1.25. The van der Waals surface area contributed by atoms with Gasteiger partial charge in [-0.15, -0.1) is 0 Å². The number of benzene rings is 1. The number of halogens is 2. The van der Waals surface area contributed by atoms with Crippen LogP contribution in [0, 0.1) is 6.92 Å². The van der Waals surface area contributed by atoms with Gasteiger partial charge < -0.3 is 9.84 Å². The highest BCUT2D eigenvalue weighted by Gasteiger charge is 2.07. The second-order valence-electron chi connectivity index (χ2n) is 3.40. The molecule has 0 saturated heterocycles. The molecule has 2 nitrogen and oxygen atoms in total. The molecule has 0 amide bonds. The van der Waals surface area contributed by atoms with Gasteiger partial charge in [-0.25, -0.2) is 8.78 Å². The van der Waals surface area contributed by atoms with Crippen molar-refractivity contribution in [3.05, 3.63) is 29.3 Å². The highest BCUT2D eigenvalue weighted by Crippen LogP contribution is 2.22. The maximum absolute atomic E-state index is 11.9. The molecule has 0 spiro atoms. The van der Waals surface area contributed by atoms with E-state index in [0.717, 1.165) is 11.1 Å². The molecule has 0 radical (unpaired) electrons. The van der Waals surface area contributed by atoms with E-state index in [1.54, 1.807) is 32.0 Å². The van der Waals surface area contributed by atoms with Gasteiger partial charge in [0.15, 0.2) is 0 Å². The van der Waals surface area contributed by atoms with Crippen molar-refractivity contribution in [2.24, 2.45) is 0 Å². The third-order valence-corrected chi connectivity index (χ3v) is 2.05. The van der Waals surface area contributed by atoms with Gasteiger partial charge in [0, 0.05) is 0 Å². The average molecular weight is 216 g/mol. The first kappa shape index (κ1) is 11.9. The van der Waals surface area contributed by atoms with Crippen LogP contribution >= 0.6 is 0 Å². The summed E-state index contributed by atoms with van der Waals surface area (Å²) in [6, 6.07) is 4.99.